The third kappa shape index (κ3) is 3.85. The van der Waals surface area contributed by atoms with Crippen molar-refractivity contribution in [1.29, 1.82) is 0 Å². The standard InChI is InChI=1S/C25H30N6O2S/c1-16-7-8-18(15-30(16)2)26-24-23-20(11-14-34(23)32)27-25(28-24)31-12-9-17(10-13-31)22-19-5-3-4-6-21(19)33-29-22/h3-6,17-18H,1,7-15H2,2H3,(H,26,27,28)/t18-,34?/m0/s1. The van der Waals surface area contributed by atoms with Gasteiger partial charge in [0.15, 0.2) is 5.58 Å². The minimum absolute atomic E-state index is 0.256. The lowest BCUT2D eigenvalue weighted by atomic mass is 9.92. The lowest BCUT2D eigenvalue weighted by molar-refractivity contribution is 0.325. The number of para-hydroxylation sites is 1. The van der Waals surface area contributed by atoms with Crippen LogP contribution in [0, 0.1) is 0 Å². The molecule has 2 fully saturated rings. The first-order valence-corrected chi connectivity index (χ1v) is 13.4. The maximum atomic E-state index is 12.8. The van der Waals surface area contributed by atoms with Crippen molar-refractivity contribution in [1.82, 2.24) is 20.0 Å². The average molecular weight is 479 g/mol. The van der Waals surface area contributed by atoms with E-state index in [1.54, 1.807) is 0 Å². The molecule has 178 valence electrons. The molecule has 6 rings (SSSR count). The van der Waals surface area contributed by atoms with Crippen LogP contribution in [-0.2, 0) is 17.2 Å². The van der Waals surface area contributed by atoms with Crippen LogP contribution in [-0.4, -0.2) is 62.7 Å². The molecule has 0 spiro atoms. The number of likely N-dealkylation sites (N-methyl/N-ethyl adjacent to an activating group) is 1. The fraction of sp³-hybridized carbons (Fsp3) is 0.480. The number of hydrogen-bond donors (Lipinski definition) is 1. The van der Waals surface area contributed by atoms with Crippen molar-refractivity contribution < 1.29 is 8.73 Å². The molecule has 1 unspecified atom stereocenters. The van der Waals surface area contributed by atoms with Crippen LogP contribution in [0.3, 0.4) is 0 Å². The first-order chi connectivity index (χ1) is 16.6. The second-order valence-corrected chi connectivity index (χ2v) is 11.1. The van der Waals surface area contributed by atoms with Crippen molar-refractivity contribution in [2.45, 2.75) is 49.0 Å². The lowest BCUT2D eigenvalue weighted by Gasteiger charge is -2.34. The Balaban J connectivity index is 1.22. The van der Waals surface area contributed by atoms with Gasteiger partial charge in [0.05, 0.1) is 22.2 Å². The summed E-state index contributed by atoms with van der Waals surface area (Å²) in [6.07, 6.45) is 4.65. The smallest absolute Gasteiger partial charge is 0.227 e. The lowest BCUT2D eigenvalue weighted by Crippen LogP contribution is -2.39. The van der Waals surface area contributed by atoms with Crippen LogP contribution in [0.25, 0.3) is 11.0 Å². The van der Waals surface area contributed by atoms with Crippen molar-refractivity contribution in [2.75, 3.05) is 42.7 Å². The number of likely N-dealkylation sites (tertiary alicyclic amines) is 1. The first kappa shape index (κ1) is 21.6. The van der Waals surface area contributed by atoms with Gasteiger partial charge in [-0.3, -0.25) is 4.21 Å². The molecule has 0 bridgehead atoms. The van der Waals surface area contributed by atoms with Gasteiger partial charge in [-0.2, -0.15) is 4.98 Å². The van der Waals surface area contributed by atoms with Crippen molar-refractivity contribution in [3.63, 3.8) is 0 Å². The summed E-state index contributed by atoms with van der Waals surface area (Å²) in [5.41, 5.74) is 4.01. The summed E-state index contributed by atoms with van der Waals surface area (Å²) in [5.74, 6) is 2.50. The Hall–Kier alpha value is -2.94. The van der Waals surface area contributed by atoms with Crippen molar-refractivity contribution in [3.8, 4) is 0 Å². The Kier molecular flexibility index (Phi) is 5.51. The van der Waals surface area contributed by atoms with Gasteiger partial charge in [-0.05, 0) is 37.8 Å². The second kappa shape index (κ2) is 8.69. The Labute approximate surface area is 201 Å². The van der Waals surface area contributed by atoms with Gasteiger partial charge in [-0.15, -0.1) is 0 Å². The van der Waals surface area contributed by atoms with Crippen LogP contribution in [0.5, 0.6) is 0 Å². The summed E-state index contributed by atoms with van der Waals surface area (Å²) < 4.78 is 18.3. The molecule has 0 saturated carbocycles. The molecule has 9 heteroatoms. The van der Waals surface area contributed by atoms with Gasteiger partial charge in [-0.25, -0.2) is 4.98 Å². The van der Waals surface area contributed by atoms with Gasteiger partial charge in [-0.1, -0.05) is 23.9 Å². The van der Waals surface area contributed by atoms with E-state index in [-0.39, 0.29) is 6.04 Å². The zero-order valence-electron chi connectivity index (χ0n) is 19.5. The fourth-order valence-electron chi connectivity index (χ4n) is 5.37. The Morgan fingerprint density at radius 1 is 1.15 bits per heavy atom. The number of aryl methyl sites for hydroxylation is 1. The van der Waals surface area contributed by atoms with Gasteiger partial charge in [0, 0.05) is 61.9 Å². The molecule has 1 N–H and O–H groups in total. The van der Waals surface area contributed by atoms with Crippen LogP contribution < -0.4 is 10.2 Å². The van der Waals surface area contributed by atoms with E-state index in [9.17, 15) is 4.21 Å². The van der Waals surface area contributed by atoms with Crippen LogP contribution in [0.1, 0.15) is 43.0 Å². The SMILES string of the molecule is C=C1CC[C@H](Nc2nc(N3CCC(c4noc5ccccc45)CC3)nc3c2S(=O)CC3)CN1C. The highest BCUT2D eigenvalue weighted by Crippen LogP contribution is 2.35. The zero-order chi connectivity index (χ0) is 23.2. The second-order valence-electron chi connectivity index (χ2n) is 9.60. The number of allylic oxidation sites excluding steroid dienone is 1. The van der Waals surface area contributed by atoms with E-state index in [4.69, 9.17) is 14.5 Å². The maximum Gasteiger partial charge on any atom is 0.227 e. The Bertz CT molecular complexity index is 1270. The number of rotatable bonds is 4. The highest BCUT2D eigenvalue weighted by atomic mass is 32.2. The largest absolute Gasteiger partial charge is 0.376 e. The van der Waals surface area contributed by atoms with Crippen molar-refractivity contribution in [3.05, 3.63) is 47.9 Å². The molecular weight excluding hydrogens is 448 g/mol. The topological polar surface area (TPSA) is 87.4 Å². The zero-order valence-corrected chi connectivity index (χ0v) is 20.3. The molecule has 34 heavy (non-hydrogen) atoms. The molecule has 1 aromatic carbocycles. The maximum absolute atomic E-state index is 12.8. The molecule has 8 nitrogen and oxygen atoms in total. The van der Waals surface area contributed by atoms with E-state index < -0.39 is 10.8 Å². The van der Waals surface area contributed by atoms with Gasteiger partial charge in [0.25, 0.3) is 0 Å². The quantitative estimate of drug-likeness (QED) is 0.608. The Morgan fingerprint density at radius 3 is 2.79 bits per heavy atom. The van der Waals surface area contributed by atoms with Gasteiger partial charge < -0.3 is 19.6 Å². The molecule has 2 saturated heterocycles. The highest BCUT2D eigenvalue weighted by Gasteiger charge is 2.31. The van der Waals surface area contributed by atoms with E-state index >= 15 is 0 Å². The molecule has 3 aliphatic heterocycles. The number of aromatic nitrogens is 3. The number of hydrogen-bond acceptors (Lipinski definition) is 8. The molecule has 0 amide bonds. The predicted molar refractivity (Wildman–Crippen MR) is 134 cm³/mol. The monoisotopic (exact) mass is 478 g/mol. The molecule has 0 radical (unpaired) electrons. The number of anilines is 2. The van der Waals surface area contributed by atoms with E-state index in [0.717, 1.165) is 96.5 Å². The van der Waals surface area contributed by atoms with Crippen molar-refractivity contribution >= 4 is 33.5 Å². The first-order valence-electron chi connectivity index (χ1n) is 12.1. The summed E-state index contributed by atoms with van der Waals surface area (Å²) in [4.78, 5) is 15.1. The van der Waals surface area contributed by atoms with Gasteiger partial charge in [0.1, 0.15) is 10.7 Å². The number of nitrogens with one attached hydrogen (secondary N) is 1. The van der Waals surface area contributed by atoms with E-state index in [1.807, 2.05) is 18.2 Å². The molecule has 5 heterocycles. The molecule has 2 atom stereocenters. The molecular formula is C25H30N6O2S. The summed E-state index contributed by atoms with van der Waals surface area (Å²) in [6, 6.07) is 8.33. The van der Waals surface area contributed by atoms with Gasteiger partial charge >= 0.3 is 0 Å². The molecule has 2 aromatic heterocycles. The Morgan fingerprint density at radius 2 is 1.97 bits per heavy atom. The minimum atomic E-state index is -1.04. The van der Waals surface area contributed by atoms with Crippen LogP contribution in [0.15, 0.2) is 46.0 Å². The summed E-state index contributed by atoms with van der Waals surface area (Å²) in [7, 11) is 1.04. The van der Waals surface area contributed by atoms with Crippen LogP contribution >= 0.6 is 0 Å². The number of nitrogens with zero attached hydrogens (tertiary/aromatic N) is 5. The molecule has 3 aliphatic rings. The normalized spacial score (nSPS) is 23.5. The van der Waals surface area contributed by atoms with E-state index in [2.05, 4.69) is 40.0 Å². The van der Waals surface area contributed by atoms with E-state index in [1.165, 1.54) is 0 Å². The van der Waals surface area contributed by atoms with Crippen molar-refractivity contribution in [2.24, 2.45) is 0 Å². The number of piperidine rings is 2. The van der Waals surface area contributed by atoms with Crippen LogP contribution in [0.2, 0.25) is 0 Å². The third-order valence-corrected chi connectivity index (χ3v) is 8.86. The fourth-order valence-corrected chi connectivity index (χ4v) is 6.68. The summed E-state index contributed by atoms with van der Waals surface area (Å²) in [5, 5.41) is 9.12. The predicted octanol–water partition coefficient (Wildman–Crippen LogP) is 3.69. The molecule has 0 aliphatic carbocycles. The summed E-state index contributed by atoms with van der Waals surface area (Å²) in [6.45, 7) is 6.72. The number of fused-ring (bicyclic) bond motifs is 2. The highest BCUT2D eigenvalue weighted by molar-refractivity contribution is 7.85. The minimum Gasteiger partial charge on any atom is -0.376 e. The number of benzene rings is 1. The van der Waals surface area contributed by atoms with Gasteiger partial charge in [0.2, 0.25) is 5.95 Å². The third-order valence-electron chi connectivity index (χ3n) is 7.40. The molecule has 3 aromatic rings. The van der Waals surface area contributed by atoms with E-state index in [0.29, 0.717) is 11.7 Å². The van der Waals surface area contributed by atoms with Crippen LogP contribution in [0.4, 0.5) is 11.8 Å². The average Bonchev–Trinajstić information content (AvgIpc) is 3.45. The summed E-state index contributed by atoms with van der Waals surface area (Å²) >= 11 is 0.